The van der Waals surface area contributed by atoms with Crippen LogP contribution in [0.4, 0.5) is 0 Å². The Hall–Kier alpha value is -0.0400. The summed E-state index contributed by atoms with van der Waals surface area (Å²) in [7, 11) is 0. The fourth-order valence-corrected chi connectivity index (χ4v) is 1.66. The van der Waals surface area contributed by atoms with Crippen LogP contribution in [0.1, 0.15) is 52.9 Å². The van der Waals surface area contributed by atoms with Gasteiger partial charge in [-0.3, -0.25) is 0 Å². The van der Waals surface area contributed by atoms with Crippen molar-refractivity contribution in [1.82, 2.24) is 0 Å². The predicted molar refractivity (Wildman–Crippen MR) is 56.1 cm³/mol. The summed E-state index contributed by atoms with van der Waals surface area (Å²) in [6, 6.07) is 0. The highest BCUT2D eigenvalue weighted by Crippen LogP contribution is 2.22. The highest BCUT2D eigenvalue weighted by Gasteiger charge is 2.11. The van der Waals surface area contributed by atoms with Crippen molar-refractivity contribution in [3.63, 3.8) is 0 Å². The van der Waals surface area contributed by atoms with Crippen LogP contribution in [-0.2, 0) is 0 Å². The molecule has 0 rings (SSSR count). The Morgan fingerprint density at radius 2 is 1.67 bits per heavy atom. The third-order valence-corrected chi connectivity index (χ3v) is 2.65. The summed E-state index contributed by atoms with van der Waals surface area (Å²) >= 11 is 0. The fraction of sp³-hybridized carbons (Fsp3) is 1.00. The van der Waals surface area contributed by atoms with Gasteiger partial charge >= 0.3 is 0 Å². The first-order chi connectivity index (χ1) is 5.72. The smallest absolute Gasteiger partial charge is 0.00772 e. The molecule has 2 N–H and O–H groups in total. The van der Waals surface area contributed by atoms with Gasteiger partial charge in [-0.05, 0) is 31.2 Å². The first kappa shape index (κ1) is 12.0. The summed E-state index contributed by atoms with van der Waals surface area (Å²) in [6.45, 7) is 7.78. The molecular weight excluding hydrogens is 146 g/mol. The van der Waals surface area contributed by atoms with E-state index in [1.54, 1.807) is 0 Å². The topological polar surface area (TPSA) is 26.0 Å². The van der Waals surface area contributed by atoms with E-state index < -0.39 is 0 Å². The van der Waals surface area contributed by atoms with E-state index in [2.05, 4.69) is 20.8 Å². The van der Waals surface area contributed by atoms with Crippen molar-refractivity contribution in [2.45, 2.75) is 52.9 Å². The van der Waals surface area contributed by atoms with Crippen LogP contribution in [0.15, 0.2) is 0 Å². The summed E-state index contributed by atoms with van der Waals surface area (Å²) in [5, 5.41) is 0. The largest absolute Gasteiger partial charge is 0.330 e. The predicted octanol–water partition coefficient (Wildman–Crippen LogP) is 3.19. The van der Waals surface area contributed by atoms with Gasteiger partial charge < -0.3 is 5.73 Å². The van der Waals surface area contributed by atoms with Gasteiger partial charge in [0.05, 0.1) is 0 Å². The fourth-order valence-electron chi connectivity index (χ4n) is 1.66. The molecule has 1 nitrogen and oxygen atoms in total. The molecule has 1 unspecified atom stereocenters. The second-order valence-electron chi connectivity index (χ2n) is 4.08. The molecule has 0 aromatic carbocycles. The number of nitrogens with two attached hydrogens (primary N) is 1. The van der Waals surface area contributed by atoms with Crippen LogP contribution < -0.4 is 5.73 Å². The van der Waals surface area contributed by atoms with Crippen molar-refractivity contribution < 1.29 is 0 Å². The zero-order valence-electron chi connectivity index (χ0n) is 8.97. The Balaban J connectivity index is 3.55. The third kappa shape index (κ3) is 5.59. The molecule has 1 heteroatoms. The molecule has 12 heavy (non-hydrogen) atoms. The second kappa shape index (κ2) is 7.60. The van der Waals surface area contributed by atoms with Gasteiger partial charge in [0.15, 0.2) is 0 Å². The lowest BCUT2D eigenvalue weighted by molar-refractivity contribution is 0.322. The lowest BCUT2D eigenvalue weighted by Gasteiger charge is -2.19. The molecule has 0 spiro atoms. The van der Waals surface area contributed by atoms with Gasteiger partial charge in [0.1, 0.15) is 0 Å². The van der Waals surface area contributed by atoms with Gasteiger partial charge in [0.2, 0.25) is 0 Å². The molecule has 0 saturated heterocycles. The molecule has 0 amide bonds. The Labute approximate surface area is 77.7 Å². The van der Waals surface area contributed by atoms with E-state index in [-0.39, 0.29) is 0 Å². The Kier molecular flexibility index (Phi) is 7.58. The molecule has 0 radical (unpaired) electrons. The molecule has 0 heterocycles. The Bertz CT molecular complexity index is 81.0. The normalized spacial score (nSPS) is 13.8. The molecule has 0 aromatic heterocycles. The van der Waals surface area contributed by atoms with E-state index in [9.17, 15) is 0 Å². The van der Waals surface area contributed by atoms with Crippen molar-refractivity contribution >= 4 is 0 Å². The van der Waals surface area contributed by atoms with Gasteiger partial charge in [-0.1, -0.05) is 40.0 Å². The lowest BCUT2D eigenvalue weighted by atomic mass is 9.87. The van der Waals surface area contributed by atoms with Crippen molar-refractivity contribution in [3.05, 3.63) is 0 Å². The minimum Gasteiger partial charge on any atom is -0.330 e. The molecule has 0 fully saturated rings. The van der Waals surface area contributed by atoms with Crippen LogP contribution in [0.25, 0.3) is 0 Å². The number of unbranched alkanes of at least 4 members (excludes halogenated alkanes) is 1. The van der Waals surface area contributed by atoms with Crippen molar-refractivity contribution in [3.8, 4) is 0 Å². The van der Waals surface area contributed by atoms with Crippen LogP contribution in [0.3, 0.4) is 0 Å². The van der Waals surface area contributed by atoms with Crippen molar-refractivity contribution in [2.75, 3.05) is 6.54 Å². The van der Waals surface area contributed by atoms with Crippen LogP contribution >= 0.6 is 0 Å². The maximum Gasteiger partial charge on any atom is -0.00772 e. The van der Waals surface area contributed by atoms with Crippen LogP contribution in [0.2, 0.25) is 0 Å². The van der Waals surface area contributed by atoms with Crippen molar-refractivity contribution in [2.24, 2.45) is 17.6 Å². The highest BCUT2D eigenvalue weighted by atomic mass is 14.5. The molecule has 0 aliphatic rings. The van der Waals surface area contributed by atoms with Gasteiger partial charge in [-0.2, -0.15) is 0 Å². The van der Waals surface area contributed by atoms with Gasteiger partial charge in [-0.15, -0.1) is 0 Å². The van der Waals surface area contributed by atoms with Crippen LogP contribution in [0, 0.1) is 11.8 Å². The quantitative estimate of drug-likeness (QED) is 0.625. The van der Waals surface area contributed by atoms with Gasteiger partial charge in [0, 0.05) is 0 Å². The molecule has 0 saturated carbocycles. The maximum absolute atomic E-state index is 5.51. The first-order valence-electron chi connectivity index (χ1n) is 5.42. The molecular formula is C11H25N. The average Bonchev–Trinajstić information content (AvgIpc) is 2.04. The number of hydrogen-bond donors (Lipinski definition) is 1. The van der Waals surface area contributed by atoms with E-state index >= 15 is 0 Å². The number of rotatable bonds is 7. The SMILES string of the molecule is CCCCC(CCCN)C(C)C. The first-order valence-corrected chi connectivity index (χ1v) is 5.42. The molecule has 1 atom stereocenters. The van der Waals surface area contributed by atoms with E-state index in [4.69, 9.17) is 5.73 Å². The summed E-state index contributed by atoms with van der Waals surface area (Å²) < 4.78 is 0. The third-order valence-electron chi connectivity index (χ3n) is 2.65. The zero-order valence-corrected chi connectivity index (χ0v) is 8.97. The monoisotopic (exact) mass is 171 g/mol. The van der Waals surface area contributed by atoms with E-state index in [1.165, 1.54) is 32.1 Å². The lowest BCUT2D eigenvalue weighted by Crippen LogP contribution is -2.11. The summed E-state index contributed by atoms with van der Waals surface area (Å²) in [4.78, 5) is 0. The summed E-state index contributed by atoms with van der Waals surface area (Å²) in [5.74, 6) is 1.75. The van der Waals surface area contributed by atoms with Crippen LogP contribution in [0.5, 0.6) is 0 Å². The Morgan fingerprint density at radius 3 is 2.08 bits per heavy atom. The molecule has 0 aliphatic carbocycles. The Morgan fingerprint density at radius 1 is 1.08 bits per heavy atom. The number of hydrogen-bond acceptors (Lipinski definition) is 1. The van der Waals surface area contributed by atoms with E-state index in [1.807, 2.05) is 0 Å². The van der Waals surface area contributed by atoms with Crippen molar-refractivity contribution in [1.29, 1.82) is 0 Å². The minimum atomic E-state index is 0.836. The molecule has 0 aliphatic heterocycles. The molecule has 0 aromatic rings. The molecule has 74 valence electrons. The van der Waals surface area contributed by atoms with Gasteiger partial charge in [0.25, 0.3) is 0 Å². The average molecular weight is 171 g/mol. The zero-order chi connectivity index (χ0) is 9.40. The maximum atomic E-state index is 5.51. The highest BCUT2D eigenvalue weighted by molar-refractivity contribution is 4.63. The summed E-state index contributed by atoms with van der Waals surface area (Å²) in [6.07, 6.45) is 6.63. The minimum absolute atomic E-state index is 0.836. The summed E-state index contributed by atoms with van der Waals surface area (Å²) in [5.41, 5.74) is 5.51. The van der Waals surface area contributed by atoms with Gasteiger partial charge in [-0.25, -0.2) is 0 Å². The standard InChI is InChI=1S/C11H25N/c1-4-5-7-11(10(2)3)8-6-9-12/h10-11H,4-9,12H2,1-3H3. The van der Waals surface area contributed by atoms with E-state index in [0.717, 1.165) is 18.4 Å². The van der Waals surface area contributed by atoms with E-state index in [0.29, 0.717) is 0 Å². The van der Waals surface area contributed by atoms with Crippen LogP contribution in [-0.4, -0.2) is 6.54 Å². The second-order valence-corrected chi connectivity index (χ2v) is 4.08. The molecule has 0 bridgehead atoms.